The monoisotopic (exact) mass is 834 g/mol. The van der Waals surface area contributed by atoms with Crippen molar-refractivity contribution in [3.05, 3.63) is 200 Å². The van der Waals surface area contributed by atoms with Gasteiger partial charge in [0.2, 0.25) is 0 Å². The average molecular weight is 832 g/mol. The van der Waals surface area contributed by atoms with Crippen molar-refractivity contribution < 1.29 is 0 Å². The van der Waals surface area contributed by atoms with Crippen LogP contribution in [0.4, 0.5) is 0 Å². The summed E-state index contributed by atoms with van der Waals surface area (Å²) >= 11 is -0.606. The topological polar surface area (TPSA) is 0 Å². The zero-order valence-electron chi connectivity index (χ0n) is 31.3. The molecular weight excluding hydrogens is 794 g/mol. The van der Waals surface area contributed by atoms with Crippen LogP contribution >= 0.6 is 0 Å². The van der Waals surface area contributed by atoms with Crippen LogP contribution in [0.3, 0.4) is 0 Å². The first kappa shape index (κ1) is 33.4. The van der Waals surface area contributed by atoms with Crippen LogP contribution in [0.2, 0.25) is 0 Å². The molecule has 262 valence electrons. The Hall–Kier alpha value is -5.93. The summed E-state index contributed by atoms with van der Waals surface area (Å²) < 4.78 is 4.68. The number of fused-ring (bicyclic) bond motifs is 6. The van der Waals surface area contributed by atoms with Gasteiger partial charge in [0.25, 0.3) is 0 Å². The molecule has 1 aliphatic heterocycles. The molecule has 0 fully saturated rings. The van der Waals surface area contributed by atoms with E-state index in [1.54, 1.807) is 8.79 Å². The van der Waals surface area contributed by atoms with Gasteiger partial charge < -0.3 is 0 Å². The van der Waals surface area contributed by atoms with E-state index in [4.69, 9.17) is 0 Å². The van der Waals surface area contributed by atoms with Crippen LogP contribution in [0.15, 0.2) is 200 Å². The minimum atomic E-state index is -1.19. The van der Waals surface area contributed by atoms with Gasteiger partial charge in [-0.05, 0) is 0 Å². The number of hydrogen-bond donors (Lipinski definition) is 0. The fraction of sp³-hybridized carbons (Fsp3) is 0. The van der Waals surface area contributed by atoms with Crippen LogP contribution in [-0.4, -0.2) is 31.9 Å². The van der Waals surface area contributed by atoms with Gasteiger partial charge in [-0.2, -0.15) is 0 Å². The van der Waals surface area contributed by atoms with E-state index >= 15 is 0 Å². The van der Waals surface area contributed by atoms with Crippen LogP contribution in [-0.2, 0) is 0 Å². The summed E-state index contributed by atoms with van der Waals surface area (Å²) in [4.78, 5) is 0. The standard InChI is InChI=1S/C54H38Ge2/c55-51-28-8-6-20-41(51)37-18-10-17-36(30-37)40-22-11-24-44-49(40)33-50-42(46-26-13-27-47-43-21-7-9-29-52(43)56-54(46)47)23-12-25-45(50)53(44)38-31-35-16-4-5-19-39(35)48(32-38)34-14-2-1-3-15-34/h1-33H,56H2,55H3. The minimum absolute atomic E-state index is 0.588. The van der Waals surface area contributed by atoms with Gasteiger partial charge in [0, 0.05) is 0 Å². The second-order valence-electron chi connectivity index (χ2n) is 15.2. The van der Waals surface area contributed by atoms with Crippen molar-refractivity contribution in [1.82, 2.24) is 0 Å². The van der Waals surface area contributed by atoms with Crippen LogP contribution in [0.25, 0.3) is 99.1 Å². The van der Waals surface area contributed by atoms with Crippen molar-refractivity contribution in [3.8, 4) is 66.8 Å². The van der Waals surface area contributed by atoms with Crippen LogP contribution in [0.1, 0.15) is 0 Å². The van der Waals surface area contributed by atoms with E-state index in [1.165, 1.54) is 103 Å². The Morgan fingerprint density at radius 2 is 0.857 bits per heavy atom. The summed E-state index contributed by atoms with van der Waals surface area (Å²) in [7, 11) is 0. The molecule has 0 N–H and O–H groups in total. The van der Waals surface area contributed by atoms with Crippen molar-refractivity contribution in [2.45, 2.75) is 0 Å². The average Bonchev–Trinajstić information content (AvgIpc) is 3.64. The second-order valence-corrected chi connectivity index (χ2v) is 21.3. The summed E-state index contributed by atoms with van der Waals surface area (Å²) in [5, 5.41) is 7.70. The molecule has 0 saturated heterocycles. The molecule has 0 radical (unpaired) electrons. The van der Waals surface area contributed by atoms with E-state index in [0.29, 0.717) is 16.5 Å². The molecule has 1 heterocycles. The first-order valence-corrected chi connectivity index (χ1v) is 24.7. The van der Waals surface area contributed by atoms with Gasteiger partial charge in [-0.3, -0.25) is 0 Å². The molecule has 0 unspecified atom stereocenters. The number of benzene rings is 10. The van der Waals surface area contributed by atoms with E-state index in [0.717, 1.165) is 0 Å². The zero-order valence-corrected chi connectivity index (χ0v) is 38.4. The molecule has 0 atom stereocenters. The van der Waals surface area contributed by atoms with Gasteiger partial charge in [0.15, 0.2) is 0 Å². The molecule has 10 aromatic carbocycles. The Labute approximate surface area is 342 Å². The first-order valence-electron chi connectivity index (χ1n) is 19.6. The van der Waals surface area contributed by atoms with Gasteiger partial charge in [0.1, 0.15) is 0 Å². The second kappa shape index (κ2) is 13.7. The molecule has 0 saturated carbocycles. The van der Waals surface area contributed by atoms with Crippen molar-refractivity contribution in [2.24, 2.45) is 0 Å². The molecule has 0 nitrogen and oxygen atoms in total. The van der Waals surface area contributed by atoms with Crippen LogP contribution in [0.5, 0.6) is 0 Å². The van der Waals surface area contributed by atoms with Crippen molar-refractivity contribution in [1.29, 1.82) is 0 Å². The molecule has 56 heavy (non-hydrogen) atoms. The molecule has 1 aliphatic rings. The number of hydrogen-bond acceptors (Lipinski definition) is 0. The molecule has 11 rings (SSSR count). The van der Waals surface area contributed by atoms with Crippen LogP contribution in [0, 0.1) is 0 Å². The van der Waals surface area contributed by atoms with Crippen molar-refractivity contribution >= 4 is 77.5 Å². The molecule has 10 aromatic rings. The third kappa shape index (κ3) is 5.51. The summed E-state index contributed by atoms with van der Waals surface area (Å²) in [6.45, 7) is 0. The Kier molecular flexibility index (Phi) is 8.15. The maximum absolute atomic E-state index is 2.52. The van der Waals surface area contributed by atoms with E-state index in [-0.39, 0.29) is 0 Å². The molecule has 2 heteroatoms. The molecule has 0 spiro atoms. The number of rotatable bonds is 5. The van der Waals surface area contributed by atoms with Gasteiger partial charge in [-0.15, -0.1) is 0 Å². The maximum atomic E-state index is 2.52. The fourth-order valence-electron chi connectivity index (χ4n) is 9.44. The Morgan fingerprint density at radius 3 is 1.68 bits per heavy atom. The third-order valence-corrected chi connectivity index (χ3v) is 18.3. The molecule has 0 aromatic heterocycles. The van der Waals surface area contributed by atoms with Gasteiger partial charge in [-0.1, -0.05) is 6.07 Å². The fourth-order valence-corrected chi connectivity index (χ4v) is 15.3. The molecular formula is C54H38Ge2. The van der Waals surface area contributed by atoms with Gasteiger partial charge in [-0.25, -0.2) is 0 Å². The third-order valence-electron chi connectivity index (χ3n) is 12.0. The normalized spacial score (nSPS) is 12.4. The Bertz CT molecular complexity index is 3180. The van der Waals surface area contributed by atoms with Gasteiger partial charge in [0.05, 0.1) is 0 Å². The first-order chi connectivity index (χ1) is 27.7. The SMILES string of the molecule is [GeH3][c]1ccccc1-c1cccc(-c2cccc3c(-c4cc(-c5ccccc5)c5ccccc5c4)c4cccc(-c5cccc6[c]5[GeH2][c]5ccccc5-6)c4cc23)c1. The zero-order chi connectivity index (χ0) is 37.2. The molecule has 0 bridgehead atoms. The summed E-state index contributed by atoms with van der Waals surface area (Å²) in [6.07, 6.45) is 0. The van der Waals surface area contributed by atoms with E-state index in [1.807, 2.05) is 0 Å². The predicted molar refractivity (Wildman–Crippen MR) is 249 cm³/mol. The quantitative estimate of drug-likeness (QED) is 0.120. The van der Waals surface area contributed by atoms with Crippen molar-refractivity contribution in [3.63, 3.8) is 0 Å². The van der Waals surface area contributed by atoms with Gasteiger partial charge >= 0.3 is 338 Å². The Balaban J connectivity index is 1.23. The Morgan fingerprint density at radius 1 is 0.304 bits per heavy atom. The van der Waals surface area contributed by atoms with E-state index in [2.05, 4.69) is 200 Å². The molecule has 0 amide bonds. The predicted octanol–water partition coefficient (Wildman–Crippen LogP) is 10.6. The van der Waals surface area contributed by atoms with Crippen molar-refractivity contribution in [2.75, 3.05) is 0 Å². The van der Waals surface area contributed by atoms with Crippen LogP contribution < -0.4 is 13.2 Å². The summed E-state index contributed by atoms with van der Waals surface area (Å²) in [5.74, 6) is 0. The molecule has 0 aliphatic carbocycles. The summed E-state index contributed by atoms with van der Waals surface area (Å²) in [5.41, 5.74) is 15.8. The van der Waals surface area contributed by atoms with E-state index < -0.39 is 15.4 Å². The van der Waals surface area contributed by atoms with E-state index in [9.17, 15) is 0 Å². The summed E-state index contributed by atoms with van der Waals surface area (Å²) in [6, 6.07) is 75.4.